The van der Waals surface area contributed by atoms with Crippen LogP contribution in [0.3, 0.4) is 0 Å². The van der Waals surface area contributed by atoms with Crippen LogP contribution < -0.4 is 14.8 Å². The molecule has 1 N–H and O–H groups in total. The Hall–Kier alpha value is -2.24. The quantitative estimate of drug-likeness (QED) is 0.727. The molecule has 0 radical (unpaired) electrons. The third-order valence-corrected chi connectivity index (χ3v) is 8.13. The van der Waals surface area contributed by atoms with Crippen LogP contribution in [-0.4, -0.2) is 49.6 Å². The highest BCUT2D eigenvalue weighted by Crippen LogP contribution is 2.55. The number of carbonyl (C=O) groups excluding carboxylic acids is 2. The van der Waals surface area contributed by atoms with Gasteiger partial charge in [0.15, 0.2) is 11.5 Å². The molecule has 1 aliphatic heterocycles. The van der Waals surface area contributed by atoms with Crippen molar-refractivity contribution in [2.45, 2.75) is 56.9 Å². The first-order valence-electron chi connectivity index (χ1n) is 11.8. The Bertz CT molecular complexity index is 832. The van der Waals surface area contributed by atoms with Gasteiger partial charge < -0.3 is 19.7 Å². The van der Waals surface area contributed by atoms with Crippen LogP contribution in [0, 0.1) is 23.7 Å². The fraction of sp³-hybridized carbons (Fsp3) is 0.680. The van der Waals surface area contributed by atoms with Crippen LogP contribution in [-0.2, 0) is 16.0 Å². The largest absolute Gasteiger partial charge is 0.493 e. The summed E-state index contributed by atoms with van der Waals surface area (Å²) < 4.78 is 10.7. The van der Waals surface area contributed by atoms with Gasteiger partial charge in [-0.25, -0.2) is 0 Å². The van der Waals surface area contributed by atoms with Gasteiger partial charge in [0.1, 0.15) is 0 Å². The molecule has 1 aromatic carbocycles. The van der Waals surface area contributed by atoms with Gasteiger partial charge in [0.2, 0.25) is 11.8 Å². The van der Waals surface area contributed by atoms with E-state index in [1.807, 2.05) is 23.1 Å². The lowest BCUT2D eigenvalue weighted by atomic mass is 9.53. The number of amides is 2. The molecule has 0 aromatic heterocycles. The number of likely N-dealkylation sites (tertiary alicyclic amines) is 1. The van der Waals surface area contributed by atoms with Gasteiger partial charge >= 0.3 is 0 Å². The number of nitrogens with zero attached hydrogens (tertiary/aromatic N) is 1. The van der Waals surface area contributed by atoms with Gasteiger partial charge in [-0.05, 0) is 80.4 Å². The normalized spacial score (nSPS) is 33.6. The highest BCUT2D eigenvalue weighted by atomic mass is 16.5. The second kappa shape index (κ2) is 8.03. The summed E-state index contributed by atoms with van der Waals surface area (Å²) in [6, 6.07) is 5.84. The maximum atomic E-state index is 13.1. The molecule has 6 nitrogen and oxygen atoms in total. The summed E-state index contributed by atoms with van der Waals surface area (Å²) >= 11 is 0. The van der Waals surface area contributed by atoms with Crippen LogP contribution in [0.4, 0.5) is 0 Å². The third kappa shape index (κ3) is 4.01. The third-order valence-electron chi connectivity index (χ3n) is 8.13. The molecule has 6 rings (SSSR count). The Kier molecular flexibility index (Phi) is 5.35. The number of ether oxygens (including phenoxy) is 2. The maximum Gasteiger partial charge on any atom is 0.225 e. The van der Waals surface area contributed by atoms with Gasteiger partial charge in [-0.1, -0.05) is 6.07 Å². The smallest absolute Gasteiger partial charge is 0.225 e. The van der Waals surface area contributed by atoms with Crippen molar-refractivity contribution in [3.05, 3.63) is 23.8 Å². The minimum absolute atomic E-state index is 0.0158. The van der Waals surface area contributed by atoms with E-state index in [0.29, 0.717) is 31.0 Å². The number of carbonyl (C=O) groups is 2. The summed E-state index contributed by atoms with van der Waals surface area (Å²) in [5.74, 6) is 3.77. The molecule has 2 amide bonds. The predicted molar refractivity (Wildman–Crippen MR) is 117 cm³/mol. The van der Waals surface area contributed by atoms with E-state index in [1.54, 1.807) is 14.2 Å². The second-order valence-corrected chi connectivity index (χ2v) is 10.4. The molecule has 4 saturated carbocycles. The lowest BCUT2D eigenvalue weighted by Crippen LogP contribution is -2.60. The van der Waals surface area contributed by atoms with Crippen molar-refractivity contribution in [1.29, 1.82) is 0 Å². The van der Waals surface area contributed by atoms with Crippen molar-refractivity contribution in [1.82, 2.24) is 10.2 Å². The first kappa shape index (κ1) is 20.7. The summed E-state index contributed by atoms with van der Waals surface area (Å²) in [6.07, 6.45) is 8.60. The number of methoxy groups -OCH3 is 2. The van der Waals surface area contributed by atoms with Crippen LogP contribution >= 0.6 is 0 Å². The summed E-state index contributed by atoms with van der Waals surface area (Å²) in [6.45, 7) is 1.15. The molecule has 31 heavy (non-hydrogen) atoms. The zero-order chi connectivity index (χ0) is 21.6. The standard InChI is InChI=1S/C25H34N2O4/c1-30-21-4-3-16(10-22(21)31-2)5-6-27-15-20(11-23(27)28)24(29)26-25-12-17-7-18(13-25)9-19(8-17)14-25/h3-4,10,17-20H,5-9,11-15H2,1-2H3,(H,26,29). The second-order valence-electron chi connectivity index (χ2n) is 10.4. The SMILES string of the molecule is COc1ccc(CCN2CC(C(=O)NC34CC5CC(CC(C5)C3)C4)CC2=O)cc1OC. The molecule has 4 bridgehead atoms. The average molecular weight is 427 g/mol. The fourth-order valence-electron chi connectivity index (χ4n) is 7.09. The molecule has 5 fully saturated rings. The minimum Gasteiger partial charge on any atom is -0.493 e. The molecule has 1 heterocycles. The first-order valence-corrected chi connectivity index (χ1v) is 11.8. The van der Waals surface area contributed by atoms with E-state index in [2.05, 4.69) is 5.32 Å². The summed E-state index contributed by atoms with van der Waals surface area (Å²) in [7, 11) is 3.24. The molecule has 1 atom stereocenters. The maximum absolute atomic E-state index is 13.1. The Morgan fingerprint density at radius 3 is 2.32 bits per heavy atom. The monoisotopic (exact) mass is 426 g/mol. The summed E-state index contributed by atoms with van der Waals surface area (Å²) in [4.78, 5) is 27.6. The molecule has 5 aliphatic rings. The Morgan fingerprint density at radius 1 is 1.06 bits per heavy atom. The van der Waals surface area contributed by atoms with Gasteiger partial charge in [-0.15, -0.1) is 0 Å². The highest BCUT2D eigenvalue weighted by Gasteiger charge is 2.52. The van der Waals surface area contributed by atoms with Crippen molar-refractivity contribution in [2.75, 3.05) is 27.3 Å². The summed E-state index contributed by atoms with van der Waals surface area (Å²) in [5, 5.41) is 3.46. The number of hydrogen-bond acceptors (Lipinski definition) is 4. The van der Waals surface area contributed by atoms with E-state index in [9.17, 15) is 9.59 Å². The van der Waals surface area contributed by atoms with E-state index in [0.717, 1.165) is 49.0 Å². The van der Waals surface area contributed by atoms with Crippen molar-refractivity contribution >= 4 is 11.8 Å². The zero-order valence-corrected chi connectivity index (χ0v) is 18.7. The fourth-order valence-corrected chi connectivity index (χ4v) is 7.09. The zero-order valence-electron chi connectivity index (χ0n) is 18.7. The predicted octanol–water partition coefficient (Wildman–Crippen LogP) is 3.18. The number of rotatable bonds is 7. The minimum atomic E-state index is -0.217. The summed E-state index contributed by atoms with van der Waals surface area (Å²) in [5.41, 5.74) is 1.11. The van der Waals surface area contributed by atoms with Crippen LogP contribution in [0.1, 0.15) is 50.5 Å². The van der Waals surface area contributed by atoms with Crippen molar-refractivity contribution in [2.24, 2.45) is 23.7 Å². The van der Waals surface area contributed by atoms with Crippen molar-refractivity contribution < 1.29 is 19.1 Å². The van der Waals surface area contributed by atoms with Gasteiger partial charge in [0, 0.05) is 25.0 Å². The van der Waals surface area contributed by atoms with Gasteiger partial charge in [-0.3, -0.25) is 9.59 Å². The van der Waals surface area contributed by atoms with E-state index in [-0.39, 0.29) is 23.3 Å². The average Bonchev–Trinajstić information content (AvgIpc) is 3.11. The van der Waals surface area contributed by atoms with E-state index in [4.69, 9.17) is 9.47 Å². The van der Waals surface area contributed by atoms with Crippen LogP contribution in [0.2, 0.25) is 0 Å². The Balaban J connectivity index is 1.17. The van der Waals surface area contributed by atoms with Crippen LogP contribution in [0.25, 0.3) is 0 Å². The number of hydrogen-bond donors (Lipinski definition) is 1. The topological polar surface area (TPSA) is 67.9 Å². The van der Waals surface area contributed by atoms with Crippen molar-refractivity contribution in [3.8, 4) is 11.5 Å². The van der Waals surface area contributed by atoms with Crippen LogP contribution in [0.15, 0.2) is 18.2 Å². The van der Waals surface area contributed by atoms with Crippen LogP contribution in [0.5, 0.6) is 11.5 Å². The molecule has 6 heteroatoms. The lowest BCUT2D eigenvalue weighted by Gasteiger charge is -2.57. The molecule has 1 aromatic rings. The number of nitrogens with one attached hydrogen (secondary N) is 1. The van der Waals surface area contributed by atoms with E-state index in [1.165, 1.54) is 19.3 Å². The number of benzene rings is 1. The highest BCUT2D eigenvalue weighted by molar-refractivity contribution is 5.89. The Morgan fingerprint density at radius 2 is 1.71 bits per heavy atom. The van der Waals surface area contributed by atoms with E-state index >= 15 is 0 Å². The van der Waals surface area contributed by atoms with Gasteiger partial charge in [0.25, 0.3) is 0 Å². The molecular weight excluding hydrogens is 392 g/mol. The molecule has 1 unspecified atom stereocenters. The molecule has 168 valence electrons. The lowest BCUT2D eigenvalue weighted by molar-refractivity contribution is -0.131. The molecular formula is C25H34N2O4. The Labute approximate surface area is 184 Å². The molecule has 4 aliphatic carbocycles. The van der Waals surface area contributed by atoms with Gasteiger partial charge in [0.05, 0.1) is 20.1 Å². The van der Waals surface area contributed by atoms with Crippen molar-refractivity contribution in [3.63, 3.8) is 0 Å². The van der Waals surface area contributed by atoms with Gasteiger partial charge in [-0.2, -0.15) is 0 Å². The molecule has 1 saturated heterocycles. The van der Waals surface area contributed by atoms with E-state index < -0.39 is 0 Å². The molecule has 0 spiro atoms. The first-order chi connectivity index (χ1) is 15.0.